The van der Waals surface area contributed by atoms with Crippen LogP contribution in [-0.4, -0.2) is 10.8 Å². The van der Waals surface area contributed by atoms with Crippen molar-refractivity contribution in [1.29, 1.82) is 0 Å². The predicted octanol–water partition coefficient (Wildman–Crippen LogP) is 4.50. The number of nitrogens with one attached hydrogen (secondary N) is 1. The lowest BCUT2D eigenvalue weighted by atomic mass is 10.1. The second kappa shape index (κ2) is 6.89. The number of non-ortho nitro benzene ring substituents is 1. The van der Waals surface area contributed by atoms with E-state index in [1.54, 1.807) is 0 Å². The fourth-order valence-corrected chi connectivity index (χ4v) is 2.87. The number of nitro groups is 1. The molecule has 0 fully saturated rings. The Labute approximate surface area is 140 Å². The van der Waals surface area contributed by atoms with Crippen LogP contribution in [0, 0.1) is 10.1 Å². The van der Waals surface area contributed by atoms with Crippen molar-refractivity contribution in [2.24, 2.45) is 0 Å². The summed E-state index contributed by atoms with van der Waals surface area (Å²) >= 11 is 9.39. The van der Waals surface area contributed by atoms with E-state index in [1.165, 1.54) is 18.2 Å². The molecule has 0 aromatic heterocycles. The van der Waals surface area contributed by atoms with Crippen LogP contribution in [0.5, 0.6) is 0 Å². The SMILES string of the molecule is C[C@H](NC(=O)c1ccc([N+](=O)[O-])cc1Cl)c1ccccc1Br. The van der Waals surface area contributed by atoms with Crippen molar-refractivity contribution in [3.63, 3.8) is 0 Å². The van der Waals surface area contributed by atoms with Crippen LogP contribution in [0.3, 0.4) is 0 Å². The van der Waals surface area contributed by atoms with Crippen LogP contribution >= 0.6 is 27.5 Å². The molecule has 1 N–H and O–H groups in total. The topological polar surface area (TPSA) is 72.2 Å². The molecule has 7 heteroatoms. The molecule has 0 spiro atoms. The summed E-state index contributed by atoms with van der Waals surface area (Å²) in [7, 11) is 0. The quantitative estimate of drug-likeness (QED) is 0.624. The Hall–Kier alpha value is -1.92. The molecule has 1 atom stereocenters. The van der Waals surface area contributed by atoms with Crippen molar-refractivity contribution in [2.75, 3.05) is 0 Å². The zero-order valence-corrected chi connectivity index (χ0v) is 13.9. The van der Waals surface area contributed by atoms with Gasteiger partial charge in [-0.05, 0) is 24.6 Å². The molecule has 1 amide bonds. The Morgan fingerprint density at radius 3 is 2.59 bits per heavy atom. The van der Waals surface area contributed by atoms with Crippen LogP contribution in [0.15, 0.2) is 46.9 Å². The maximum Gasteiger partial charge on any atom is 0.270 e. The van der Waals surface area contributed by atoms with E-state index in [9.17, 15) is 14.9 Å². The van der Waals surface area contributed by atoms with Gasteiger partial charge in [0, 0.05) is 16.6 Å². The minimum Gasteiger partial charge on any atom is -0.345 e. The van der Waals surface area contributed by atoms with Gasteiger partial charge in [-0.3, -0.25) is 14.9 Å². The third-order valence-electron chi connectivity index (χ3n) is 3.13. The van der Waals surface area contributed by atoms with E-state index in [-0.39, 0.29) is 28.2 Å². The van der Waals surface area contributed by atoms with Crippen LogP contribution in [0.1, 0.15) is 28.9 Å². The molecule has 0 unspecified atom stereocenters. The Morgan fingerprint density at radius 1 is 1.32 bits per heavy atom. The minimum absolute atomic E-state index is 0.0472. The summed E-state index contributed by atoms with van der Waals surface area (Å²) in [5.41, 5.74) is 0.973. The number of nitrogens with zero attached hydrogens (tertiary/aromatic N) is 1. The molecule has 0 saturated heterocycles. The molecule has 0 radical (unpaired) electrons. The van der Waals surface area contributed by atoms with E-state index in [0.29, 0.717) is 0 Å². The monoisotopic (exact) mass is 382 g/mol. The largest absolute Gasteiger partial charge is 0.345 e. The predicted molar refractivity (Wildman–Crippen MR) is 88.1 cm³/mol. The van der Waals surface area contributed by atoms with Crippen LogP contribution in [-0.2, 0) is 0 Å². The summed E-state index contributed by atoms with van der Waals surface area (Å²) in [6, 6.07) is 11.1. The molecule has 22 heavy (non-hydrogen) atoms. The van der Waals surface area contributed by atoms with Crippen molar-refractivity contribution < 1.29 is 9.72 Å². The molecular formula is C15H12BrClN2O3. The number of halogens is 2. The van der Waals surface area contributed by atoms with Gasteiger partial charge in [0.05, 0.1) is 21.6 Å². The summed E-state index contributed by atoms with van der Waals surface area (Å²) < 4.78 is 0.887. The highest BCUT2D eigenvalue weighted by Crippen LogP contribution is 2.25. The Kier molecular flexibility index (Phi) is 5.15. The summed E-state index contributed by atoms with van der Waals surface area (Å²) in [5.74, 6) is -0.386. The molecule has 0 heterocycles. The van der Waals surface area contributed by atoms with E-state index >= 15 is 0 Å². The second-order valence-electron chi connectivity index (χ2n) is 4.64. The van der Waals surface area contributed by atoms with Crippen LogP contribution in [0.4, 0.5) is 5.69 Å². The molecular weight excluding hydrogens is 372 g/mol. The number of amides is 1. The van der Waals surface area contributed by atoms with Gasteiger partial charge in [0.25, 0.3) is 11.6 Å². The molecule has 0 saturated carbocycles. The number of benzene rings is 2. The number of hydrogen-bond donors (Lipinski definition) is 1. The summed E-state index contributed by atoms with van der Waals surface area (Å²) in [4.78, 5) is 22.4. The van der Waals surface area contributed by atoms with Gasteiger partial charge < -0.3 is 5.32 Å². The first-order chi connectivity index (χ1) is 10.4. The van der Waals surface area contributed by atoms with Gasteiger partial charge in [-0.15, -0.1) is 0 Å². The van der Waals surface area contributed by atoms with Crippen molar-refractivity contribution in [1.82, 2.24) is 5.32 Å². The third-order valence-corrected chi connectivity index (χ3v) is 4.16. The number of hydrogen-bond acceptors (Lipinski definition) is 3. The number of carbonyl (C=O) groups is 1. The minimum atomic E-state index is -0.558. The lowest BCUT2D eigenvalue weighted by molar-refractivity contribution is -0.384. The van der Waals surface area contributed by atoms with E-state index in [2.05, 4.69) is 21.2 Å². The Morgan fingerprint density at radius 2 is 2.00 bits per heavy atom. The van der Waals surface area contributed by atoms with Crippen molar-refractivity contribution >= 4 is 39.1 Å². The summed E-state index contributed by atoms with van der Waals surface area (Å²) in [5, 5.41) is 13.5. The van der Waals surface area contributed by atoms with Gasteiger partial charge in [0.2, 0.25) is 0 Å². The zero-order valence-electron chi connectivity index (χ0n) is 11.5. The molecule has 114 valence electrons. The number of carbonyl (C=O) groups excluding carboxylic acids is 1. The molecule has 2 aromatic carbocycles. The van der Waals surface area contributed by atoms with E-state index in [4.69, 9.17) is 11.6 Å². The first kappa shape index (κ1) is 16.5. The average Bonchev–Trinajstić information content (AvgIpc) is 2.47. The van der Waals surface area contributed by atoms with Crippen LogP contribution in [0.2, 0.25) is 5.02 Å². The fraction of sp³-hybridized carbons (Fsp3) is 0.133. The van der Waals surface area contributed by atoms with E-state index in [1.807, 2.05) is 31.2 Å². The normalized spacial score (nSPS) is 11.8. The molecule has 0 aliphatic heterocycles. The fourth-order valence-electron chi connectivity index (χ4n) is 1.98. The highest BCUT2D eigenvalue weighted by molar-refractivity contribution is 9.10. The van der Waals surface area contributed by atoms with Gasteiger partial charge in [0.15, 0.2) is 0 Å². The van der Waals surface area contributed by atoms with E-state index in [0.717, 1.165) is 10.0 Å². The number of nitro benzene ring substituents is 1. The first-order valence-corrected chi connectivity index (χ1v) is 7.56. The summed E-state index contributed by atoms with van der Waals surface area (Å²) in [6.07, 6.45) is 0. The van der Waals surface area contributed by atoms with Gasteiger partial charge in [-0.2, -0.15) is 0 Å². The van der Waals surface area contributed by atoms with Crippen LogP contribution < -0.4 is 5.32 Å². The zero-order chi connectivity index (χ0) is 16.3. The molecule has 0 aliphatic carbocycles. The maximum absolute atomic E-state index is 12.3. The van der Waals surface area contributed by atoms with Gasteiger partial charge >= 0.3 is 0 Å². The molecule has 2 aromatic rings. The van der Waals surface area contributed by atoms with Gasteiger partial charge in [-0.25, -0.2) is 0 Å². The molecule has 2 rings (SSSR count). The Bertz CT molecular complexity index is 736. The smallest absolute Gasteiger partial charge is 0.270 e. The molecule has 0 aliphatic rings. The lowest BCUT2D eigenvalue weighted by Crippen LogP contribution is -2.27. The van der Waals surface area contributed by atoms with Crippen molar-refractivity contribution in [3.05, 3.63) is 73.2 Å². The third kappa shape index (κ3) is 3.64. The lowest BCUT2D eigenvalue weighted by Gasteiger charge is -2.16. The second-order valence-corrected chi connectivity index (χ2v) is 5.90. The summed E-state index contributed by atoms with van der Waals surface area (Å²) in [6.45, 7) is 1.84. The maximum atomic E-state index is 12.3. The number of rotatable bonds is 4. The first-order valence-electron chi connectivity index (χ1n) is 6.39. The van der Waals surface area contributed by atoms with Crippen LogP contribution in [0.25, 0.3) is 0 Å². The standard InChI is InChI=1S/C15H12BrClN2O3/c1-9(11-4-2-3-5-13(11)16)18-15(20)12-7-6-10(19(21)22)8-14(12)17/h2-9H,1H3,(H,18,20)/t9-/m0/s1. The molecule has 5 nitrogen and oxygen atoms in total. The van der Waals surface area contributed by atoms with Gasteiger partial charge in [0.1, 0.15) is 0 Å². The highest BCUT2D eigenvalue weighted by Gasteiger charge is 2.18. The van der Waals surface area contributed by atoms with Crippen molar-refractivity contribution in [3.8, 4) is 0 Å². The Balaban J connectivity index is 2.19. The van der Waals surface area contributed by atoms with E-state index < -0.39 is 4.92 Å². The van der Waals surface area contributed by atoms with Crippen molar-refractivity contribution in [2.45, 2.75) is 13.0 Å². The molecule has 0 bridgehead atoms. The van der Waals surface area contributed by atoms with Gasteiger partial charge in [-0.1, -0.05) is 45.7 Å². The highest BCUT2D eigenvalue weighted by atomic mass is 79.9. The average molecular weight is 384 g/mol.